The van der Waals surface area contributed by atoms with Crippen LogP contribution in [-0.2, 0) is 14.3 Å². The molecule has 2 rings (SSSR count). The van der Waals surface area contributed by atoms with Gasteiger partial charge in [-0.2, -0.15) is 0 Å². The van der Waals surface area contributed by atoms with Gasteiger partial charge in [0, 0.05) is 11.8 Å². The number of benzene rings is 2. The molecule has 0 bridgehead atoms. The molecule has 1 N–H and O–H groups in total. The summed E-state index contributed by atoms with van der Waals surface area (Å²) in [7, 11) is 0. The number of esters is 1. The lowest BCUT2D eigenvalue weighted by Crippen LogP contribution is -2.21. The Morgan fingerprint density at radius 1 is 0.960 bits per heavy atom. The van der Waals surface area contributed by atoms with Crippen LogP contribution in [0, 0.1) is 27.7 Å². The van der Waals surface area contributed by atoms with Gasteiger partial charge in [-0.15, -0.1) is 0 Å². The zero-order valence-electron chi connectivity index (χ0n) is 15.1. The maximum atomic E-state index is 12.0. The van der Waals surface area contributed by atoms with E-state index in [-0.39, 0.29) is 12.5 Å². The molecule has 0 saturated carbocycles. The summed E-state index contributed by atoms with van der Waals surface area (Å²) < 4.78 is 4.99. The minimum Gasteiger partial charge on any atom is -0.452 e. The minimum absolute atomic E-state index is 0.316. The Balaban J connectivity index is 1.87. The van der Waals surface area contributed by atoms with Gasteiger partial charge in [-0.05, 0) is 50.5 Å². The van der Waals surface area contributed by atoms with Gasteiger partial charge in [-0.25, -0.2) is 4.79 Å². The third-order valence-corrected chi connectivity index (χ3v) is 3.78. The van der Waals surface area contributed by atoms with Crippen molar-refractivity contribution >= 4 is 23.6 Å². The molecule has 0 aliphatic heterocycles. The fourth-order valence-corrected chi connectivity index (χ4v) is 2.58. The SMILES string of the molecule is Cc1ccc(/C=C/C(=O)OCC(=O)Nc2c(C)cc(C)cc2C)cc1. The minimum atomic E-state index is -0.548. The van der Waals surface area contributed by atoms with E-state index in [2.05, 4.69) is 5.32 Å². The van der Waals surface area contributed by atoms with E-state index < -0.39 is 5.97 Å². The molecular formula is C21H23NO3. The summed E-state index contributed by atoms with van der Waals surface area (Å²) in [6, 6.07) is 11.7. The lowest BCUT2D eigenvalue weighted by atomic mass is 10.1. The van der Waals surface area contributed by atoms with Crippen LogP contribution in [0.3, 0.4) is 0 Å². The fraction of sp³-hybridized carbons (Fsp3) is 0.238. The van der Waals surface area contributed by atoms with Gasteiger partial charge in [-0.3, -0.25) is 4.79 Å². The van der Waals surface area contributed by atoms with Gasteiger partial charge in [0.05, 0.1) is 0 Å². The Morgan fingerprint density at radius 3 is 2.16 bits per heavy atom. The van der Waals surface area contributed by atoms with Gasteiger partial charge in [-0.1, -0.05) is 47.5 Å². The van der Waals surface area contributed by atoms with Gasteiger partial charge < -0.3 is 10.1 Å². The van der Waals surface area contributed by atoms with E-state index in [0.29, 0.717) is 0 Å². The molecule has 0 aromatic heterocycles. The Morgan fingerprint density at radius 2 is 1.56 bits per heavy atom. The second-order valence-electron chi connectivity index (χ2n) is 6.17. The maximum Gasteiger partial charge on any atom is 0.331 e. The highest BCUT2D eigenvalue weighted by molar-refractivity contribution is 5.95. The molecule has 4 nitrogen and oxygen atoms in total. The Bertz CT molecular complexity index is 781. The van der Waals surface area contributed by atoms with Crippen molar-refractivity contribution in [2.24, 2.45) is 0 Å². The third kappa shape index (κ3) is 5.60. The maximum absolute atomic E-state index is 12.0. The predicted octanol–water partition coefficient (Wildman–Crippen LogP) is 4.12. The molecule has 0 saturated heterocycles. The number of ether oxygens (including phenoxy) is 1. The number of carbonyl (C=O) groups excluding carboxylic acids is 2. The van der Waals surface area contributed by atoms with E-state index in [1.807, 2.05) is 64.1 Å². The first kappa shape index (κ1) is 18.5. The van der Waals surface area contributed by atoms with Crippen LogP contribution in [0.2, 0.25) is 0 Å². The Kier molecular flexibility index (Phi) is 6.12. The van der Waals surface area contributed by atoms with E-state index in [0.717, 1.165) is 33.5 Å². The number of hydrogen-bond acceptors (Lipinski definition) is 3. The normalized spacial score (nSPS) is 10.7. The number of carbonyl (C=O) groups is 2. The van der Waals surface area contributed by atoms with Crippen LogP contribution in [-0.4, -0.2) is 18.5 Å². The van der Waals surface area contributed by atoms with Gasteiger partial charge in [0.1, 0.15) is 0 Å². The molecule has 25 heavy (non-hydrogen) atoms. The van der Waals surface area contributed by atoms with Crippen LogP contribution in [0.4, 0.5) is 5.69 Å². The van der Waals surface area contributed by atoms with Gasteiger partial charge in [0.15, 0.2) is 6.61 Å². The smallest absolute Gasteiger partial charge is 0.331 e. The van der Waals surface area contributed by atoms with Crippen LogP contribution in [0.1, 0.15) is 27.8 Å². The van der Waals surface area contributed by atoms with Crippen molar-refractivity contribution in [3.05, 3.63) is 70.3 Å². The third-order valence-electron chi connectivity index (χ3n) is 3.78. The molecule has 130 valence electrons. The molecule has 0 aliphatic rings. The number of anilines is 1. The Labute approximate surface area is 148 Å². The van der Waals surface area contributed by atoms with Crippen molar-refractivity contribution in [2.45, 2.75) is 27.7 Å². The lowest BCUT2D eigenvalue weighted by molar-refractivity contribution is -0.142. The van der Waals surface area contributed by atoms with E-state index in [1.165, 1.54) is 6.08 Å². The van der Waals surface area contributed by atoms with Crippen molar-refractivity contribution < 1.29 is 14.3 Å². The highest BCUT2D eigenvalue weighted by atomic mass is 16.5. The quantitative estimate of drug-likeness (QED) is 0.660. The lowest BCUT2D eigenvalue weighted by Gasteiger charge is -2.12. The zero-order chi connectivity index (χ0) is 18.4. The molecule has 4 heteroatoms. The standard InChI is InChI=1S/C21H23NO3/c1-14-5-7-18(8-6-14)9-10-20(24)25-13-19(23)22-21-16(3)11-15(2)12-17(21)4/h5-12H,13H2,1-4H3,(H,22,23)/b10-9+. The summed E-state index contributed by atoms with van der Waals surface area (Å²) in [5.74, 6) is -0.903. The second kappa shape index (κ2) is 8.29. The van der Waals surface area contributed by atoms with Crippen LogP contribution in [0.15, 0.2) is 42.5 Å². The number of nitrogens with one attached hydrogen (secondary N) is 1. The number of rotatable bonds is 5. The second-order valence-corrected chi connectivity index (χ2v) is 6.17. The summed E-state index contributed by atoms with van der Waals surface area (Å²) in [4.78, 5) is 23.7. The van der Waals surface area contributed by atoms with Crippen LogP contribution in [0.25, 0.3) is 6.08 Å². The van der Waals surface area contributed by atoms with Crippen molar-refractivity contribution in [2.75, 3.05) is 11.9 Å². The van der Waals surface area contributed by atoms with E-state index in [1.54, 1.807) is 6.08 Å². The van der Waals surface area contributed by atoms with Crippen LogP contribution < -0.4 is 5.32 Å². The molecular weight excluding hydrogens is 314 g/mol. The van der Waals surface area contributed by atoms with Crippen LogP contribution in [0.5, 0.6) is 0 Å². The van der Waals surface area contributed by atoms with Crippen LogP contribution >= 0.6 is 0 Å². The van der Waals surface area contributed by atoms with E-state index >= 15 is 0 Å². The average Bonchev–Trinajstić information content (AvgIpc) is 2.55. The molecule has 2 aromatic carbocycles. The molecule has 2 aromatic rings. The molecule has 0 fully saturated rings. The Hall–Kier alpha value is -2.88. The van der Waals surface area contributed by atoms with E-state index in [9.17, 15) is 9.59 Å². The highest BCUT2D eigenvalue weighted by Crippen LogP contribution is 2.21. The van der Waals surface area contributed by atoms with Crippen molar-refractivity contribution in [1.29, 1.82) is 0 Å². The number of hydrogen-bond donors (Lipinski definition) is 1. The number of amides is 1. The molecule has 0 aliphatic carbocycles. The topological polar surface area (TPSA) is 55.4 Å². The molecule has 0 spiro atoms. The molecule has 0 radical (unpaired) electrons. The highest BCUT2D eigenvalue weighted by Gasteiger charge is 2.10. The number of aryl methyl sites for hydroxylation is 4. The van der Waals surface area contributed by atoms with Crippen molar-refractivity contribution in [1.82, 2.24) is 0 Å². The summed E-state index contributed by atoms with van der Waals surface area (Å²) in [5.41, 5.74) is 5.92. The zero-order valence-corrected chi connectivity index (χ0v) is 15.1. The van der Waals surface area contributed by atoms with Gasteiger partial charge in [0.25, 0.3) is 5.91 Å². The summed E-state index contributed by atoms with van der Waals surface area (Å²) >= 11 is 0. The largest absolute Gasteiger partial charge is 0.452 e. The first-order chi connectivity index (χ1) is 11.8. The van der Waals surface area contributed by atoms with Crippen molar-refractivity contribution in [3.8, 4) is 0 Å². The van der Waals surface area contributed by atoms with Crippen molar-refractivity contribution in [3.63, 3.8) is 0 Å². The predicted molar refractivity (Wildman–Crippen MR) is 100 cm³/mol. The van der Waals surface area contributed by atoms with Gasteiger partial charge >= 0.3 is 5.97 Å². The fourth-order valence-electron chi connectivity index (χ4n) is 2.58. The molecule has 0 unspecified atom stereocenters. The summed E-state index contributed by atoms with van der Waals surface area (Å²) in [6.07, 6.45) is 2.98. The average molecular weight is 337 g/mol. The monoisotopic (exact) mass is 337 g/mol. The molecule has 0 atom stereocenters. The first-order valence-electron chi connectivity index (χ1n) is 8.14. The summed E-state index contributed by atoms with van der Waals surface area (Å²) in [5, 5.41) is 2.80. The van der Waals surface area contributed by atoms with E-state index in [4.69, 9.17) is 4.74 Å². The molecule has 1 amide bonds. The summed E-state index contributed by atoms with van der Waals surface area (Å²) in [6.45, 7) is 7.56. The first-order valence-corrected chi connectivity index (χ1v) is 8.14. The van der Waals surface area contributed by atoms with Gasteiger partial charge in [0.2, 0.25) is 0 Å². The molecule has 0 heterocycles.